The Hall–Kier alpha value is -1.84. The van der Waals surface area contributed by atoms with Crippen LogP contribution in [-0.2, 0) is 0 Å². The molecule has 0 saturated carbocycles. The molecule has 4 N–H and O–H groups in total. The molecule has 0 unspecified atom stereocenters. The molecule has 2 rings (SSSR count). The van der Waals surface area contributed by atoms with Crippen molar-refractivity contribution in [2.75, 3.05) is 31.4 Å². The number of rotatable bonds is 4. The lowest BCUT2D eigenvalue weighted by Crippen LogP contribution is -2.22. The molecule has 0 atom stereocenters. The predicted molar refractivity (Wildman–Crippen MR) is 95.2 cm³/mol. The van der Waals surface area contributed by atoms with Gasteiger partial charge in [-0.1, -0.05) is 37.7 Å². The zero-order chi connectivity index (χ0) is 16.3. The van der Waals surface area contributed by atoms with E-state index in [1.807, 2.05) is 18.2 Å². The number of anilines is 3. The van der Waals surface area contributed by atoms with E-state index in [4.69, 9.17) is 17.3 Å². The Labute approximate surface area is 136 Å². The molecule has 0 spiro atoms. The van der Waals surface area contributed by atoms with E-state index in [0.29, 0.717) is 11.3 Å². The first-order valence-corrected chi connectivity index (χ1v) is 9.27. The molecule has 0 aliphatic carbocycles. The lowest BCUT2D eigenvalue weighted by Gasteiger charge is -2.17. The van der Waals surface area contributed by atoms with Gasteiger partial charge in [0.2, 0.25) is 0 Å². The van der Waals surface area contributed by atoms with Crippen LogP contribution in [0, 0.1) is 0 Å². The third-order valence-corrected chi connectivity index (χ3v) is 4.67. The van der Waals surface area contributed by atoms with E-state index in [2.05, 4.69) is 35.0 Å². The lowest BCUT2D eigenvalue weighted by molar-refractivity contribution is 0.0964. The molecule has 0 aliphatic rings. The number of hydrogen-bond acceptors (Lipinski definition) is 4. The number of aromatic nitrogens is 1. The standard InChI is InChI=1S/C15H18ClN4OP/c1-18-15(21)13-10(8-12(16)20-14(13)17)19-9-6-4-5-7-11(9)22(2)3/h4-8H,1-3H3,(H,18,21)(H3,17,19,20). The van der Waals surface area contributed by atoms with E-state index >= 15 is 0 Å². The fraction of sp³-hybridized carbons (Fsp3) is 0.200. The molecule has 1 amide bonds. The molecular formula is C15H18ClN4OP. The molecule has 22 heavy (non-hydrogen) atoms. The maximum Gasteiger partial charge on any atom is 0.256 e. The highest BCUT2D eigenvalue weighted by atomic mass is 35.5. The van der Waals surface area contributed by atoms with Crippen LogP contribution in [0.15, 0.2) is 30.3 Å². The van der Waals surface area contributed by atoms with Crippen LogP contribution in [-0.4, -0.2) is 31.3 Å². The molecular weight excluding hydrogens is 319 g/mol. The number of halogens is 1. The largest absolute Gasteiger partial charge is 0.383 e. The number of hydrogen-bond donors (Lipinski definition) is 3. The van der Waals surface area contributed by atoms with E-state index in [9.17, 15) is 4.79 Å². The zero-order valence-electron chi connectivity index (χ0n) is 12.6. The number of amides is 1. The summed E-state index contributed by atoms with van der Waals surface area (Å²) in [7, 11) is 1.25. The summed E-state index contributed by atoms with van der Waals surface area (Å²) < 4.78 is 0. The molecule has 0 bridgehead atoms. The monoisotopic (exact) mass is 336 g/mol. The highest BCUT2D eigenvalue weighted by Gasteiger charge is 2.18. The highest BCUT2D eigenvalue weighted by molar-refractivity contribution is 7.64. The Morgan fingerprint density at radius 1 is 1.27 bits per heavy atom. The Morgan fingerprint density at radius 3 is 2.59 bits per heavy atom. The zero-order valence-corrected chi connectivity index (χ0v) is 14.3. The Bertz CT molecular complexity index is 706. The molecule has 0 saturated heterocycles. The number of carbonyl (C=O) groups excluding carboxylic acids is 1. The number of pyridine rings is 1. The van der Waals surface area contributed by atoms with Crippen molar-refractivity contribution in [3.8, 4) is 0 Å². The van der Waals surface area contributed by atoms with Gasteiger partial charge < -0.3 is 16.4 Å². The topological polar surface area (TPSA) is 80.0 Å². The van der Waals surface area contributed by atoms with Crippen LogP contribution in [0.4, 0.5) is 17.2 Å². The summed E-state index contributed by atoms with van der Waals surface area (Å²) in [6.07, 6.45) is 0. The lowest BCUT2D eigenvalue weighted by atomic mass is 10.2. The van der Waals surface area contributed by atoms with Gasteiger partial charge in [-0.25, -0.2) is 4.98 Å². The number of nitrogens with zero attached hydrogens (tertiary/aromatic N) is 1. The summed E-state index contributed by atoms with van der Waals surface area (Å²) in [5.41, 5.74) is 7.63. The number of benzene rings is 1. The van der Waals surface area contributed by atoms with Crippen molar-refractivity contribution in [1.29, 1.82) is 0 Å². The molecule has 0 fully saturated rings. The molecule has 1 aromatic carbocycles. The minimum absolute atomic E-state index is 0.0992. The first-order valence-electron chi connectivity index (χ1n) is 6.65. The summed E-state index contributed by atoms with van der Waals surface area (Å²) in [5, 5.41) is 7.27. The van der Waals surface area contributed by atoms with Gasteiger partial charge in [-0.15, -0.1) is 0 Å². The molecule has 5 nitrogen and oxygen atoms in total. The normalized spacial score (nSPS) is 10.6. The van der Waals surface area contributed by atoms with Crippen LogP contribution in [0.1, 0.15) is 10.4 Å². The second kappa shape index (κ2) is 6.95. The molecule has 1 aromatic heterocycles. The minimum atomic E-state index is -0.308. The summed E-state index contributed by atoms with van der Waals surface area (Å²) >= 11 is 5.98. The van der Waals surface area contributed by atoms with E-state index in [1.54, 1.807) is 13.1 Å². The Morgan fingerprint density at radius 2 is 1.95 bits per heavy atom. The molecule has 116 valence electrons. The van der Waals surface area contributed by atoms with Crippen LogP contribution >= 0.6 is 19.5 Å². The fourth-order valence-corrected chi connectivity index (χ4v) is 3.31. The summed E-state index contributed by atoms with van der Waals surface area (Å²) in [5.74, 6) is -0.209. The van der Waals surface area contributed by atoms with Crippen molar-refractivity contribution < 1.29 is 4.79 Å². The van der Waals surface area contributed by atoms with E-state index in [0.717, 1.165) is 5.69 Å². The van der Waals surface area contributed by atoms with Gasteiger partial charge in [0.15, 0.2) is 0 Å². The molecule has 7 heteroatoms. The van der Waals surface area contributed by atoms with Crippen LogP contribution in [0.25, 0.3) is 0 Å². The van der Waals surface area contributed by atoms with Gasteiger partial charge in [0.25, 0.3) is 5.91 Å². The summed E-state index contributed by atoms with van der Waals surface area (Å²) in [6.45, 7) is 4.34. The van der Waals surface area contributed by atoms with Crippen molar-refractivity contribution in [3.05, 3.63) is 41.0 Å². The van der Waals surface area contributed by atoms with E-state index in [-0.39, 0.29) is 24.8 Å². The second-order valence-electron chi connectivity index (χ2n) is 4.87. The van der Waals surface area contributed by atoms with E-state index in [1.165, 1.54) is 5.30 Å². The predicted octanol–water partition coefficient (Wildman–Crippen LogP) is 2.79. The number of para-hydroxylation sites is 1. The minimum Gasteiger partial charge on any atom is -0.383 e. The van der Waals surface area contributed by atoms with Crippen molar-refractivity contribution in [2.45, 2.75) is 0 Å². The average Bonchev–Trinajstić information content (AvgIpc) is 2.46. The molecule has 2 aromatic rings. The average molecular weight is 337 g/mol. The van der Waals surface area contributed by atoms with Gasteiger partial charge in [0.1, 0.15) is 16.5 Å². The molecule has 0 radical (unpaired) electrons. The SMILES string of the molecule is CNC(=O)c1c(Nc2ccccc2P(C)C)cc(Cl)nc1N. The van der Waals surface area contributed by atoms with Gasteiger partial charge in [0.05, 0.1) is 5.69 Å². The fourth-order valence-electron chi connectivity index (χ4n) is 2.11. The molecule has 1 heterocycles. The Kier molecular flexibility index (Phi) is 5.22. The second-order valence-corrected chi connectivity index (χ2v) is 7.53. The van der Waals surface area contributed by atoms with Gasteiger partial charge in [-0.3, -0.25) is 4.79 Å². The smallest absolute Gasteiger partial charge is 0.256 e. The van der Waals surface area contributed by atoms with Crippen LogP contribution in [0.2, 0.25) is 5.15 Å². The van der Waals surface area contributed by atoms with Gasteiger partial charge in [-0.2, -0.15) is 0 Å². The third-order valence-electron chi connectivity index (χ3n) is 3.13. The van der Waals surface area contributed by atoms with Crippen molar-refractivity contribution in [2.24, 2.45) is 0 Å². The maximum absolute atomic E-state index is 12.1. The first-order chi connectivity index (χ1) is 10.4. The van der Waals surface area contributed by atoms with Crippen LogP contribution in [0.5, 0.6) is 0 Å². The van der Waals surface area contributed by atoms with Gasteiger partial charge in [-0.05, 0) is 30.8 Å². The third kappa shape index (κ3) is 3.49. The first kappa shape index (κ1) is 16.5. The van der Waals surface area contributed by atoms with Crippen LogP contribution < -0.4 is 21.7 Å². The highest BCUT2D eigenvalue weighted by Crippen LogP contribution is 2.32. The molecule has 0 aliphatic heterocycles. The summed E-state index contributed by atoms with van der Waals surface area (Å²) in [6, 6.07) is 9.58. The number of carbonyl (C=O) groups is 1. The maximum atomic E-state index is 12.1. The van der Waals surface area contributed by atoms with Crippen molar-refractivity contribution in [3.63, 3.8) is 0 Å². The summed E-state index contributed by atoms with van der Waals surface area (Å²) in [4.78, 5) is 16.0. The van der Waals surface area contributed by atoms with Crippen molar-refractivity contribution >= 4 is 47.9 Å². The Balaban J connectivity index is 2.52. The quantitative estimate of drug-likeness (QED) is 0.592. The van der Waals surface area contributed by atoms with E-state index < -0.39 is 0 Å². The number of nitrogens with two attached hydrogens (primary N) is 1. The van der Waals surface area contributed by atoms with Gasteiger partial charge >= 0.3 is 0 Å². The van der Waals surface area contributed by atoms with Gasteiger partial charge in [0, 0.05) is 12.7 Å². The van der Waals surface area contributed by atoms with Crippen molar-refractivity contribution in [1.82, 2.24) is 10.3 Å². The van der Waals surface area contributed by atoms with Crippen LogP contribution in [0.3, 0.4) is 0 Å². The number of nitrogen functional groups attached to an aromatic ring is 1. The number of nitrogens with one attached hydrogen (secondary N) is 2.